The Morgan fingerprint density at radius 2 is 1.88 bits per heavy atom. The number of phenols is 1. The quantitative estimate of drug-likeness (QED) is 0.681. The summed E-state index contributed by atoms with van der Waals surface area (Å²) in [4.78, 5) is 0. The second-order valence-electron chi connectivity index (χ2n) is 5.61. The van der Waals surface area contributed by atoms with Crippen LogP contribution in [0.1, 0.15) is 11.1 Å². The second kappa shape index (κ2) is 6.32. The minimum absolute atomic E-state index is 0.0980. The van der Waals surface area contributed by atoms with Crippen molar-refractivity contribution in [1.82, 2.24) is 0 Å². The normalized spacial score (nSPS) is 10.8. The van der Waals surface area contributed by atoms with Gasteiger partial charge in [-0.05, 0) is 49.2 Å². The molecule has 0 amide bonds. The van der Waals surface area contributed by atoms with Crippen LogP contribution < -0.4 is 9.47 Å². The Morgan fingerprint density at radius 3 is 2.54 bits per heavy atom. The molecule has 1 aromatic heterocycles. The van der Waals surface area contributed by atoms with Gasteiger partial charge in [0.25, 0.3) is 0 Å². The molecule has 0 fully saturated rings. The summed E-state index contributed by atoms with van der Waals surface area (Å²) in [6.45, 7) is 5.80. The number of allylic oxidation sites excluding steroid dienone is 1. The Bertz CT molecular complexity index is 906. The third-order valence-electron chi connectivity index (χ3n) is 4.11. The molecule has 0 bridgehead atoms. The topological polar surface area (TPSA) is 51.8 Å². The Labute approximate surface area is 140 Å². The number of rotatable bonds is 5. The SMILES string of the molecule is C=CCc1cc(OC)c2oc(-c3ccc(O)c(OC)c3)c(C)c2c1. The van der Waals surface area contributed by atoms with E-state index in [0.717, 1.165) is 34.3 Å². The number of ether oxygens (including phenoxy) is 2. The molecule has 0 radical (unpaired) electrons. The first-order chi connectivity index (χ1) is 11.6. The third kappa shape index (κ3) is 2.60. The van der Waals surface area contributed by atoms with E-state index < -0.39 is 0 Å². The molecule has 24 heavy (non-hydrogen) atoms. The zero-order valence-corrected chi connectivity index (χ0v) is 14.1. The zero-order valence-electron chi connectivity index (χ0n) is 14.1. The zero-order chi connectivity index (χ0) is 17.3. The summed E-state index contributed by atoms with van der Waals surface area (Å²) < 4.78 is 16.8. The van der Waals surface area contributed by atoms with Crippen LogP contribution in [0.5, 0.6) is 17.2 Å². The van der Waals surface area contributed by atoms with Crippen molar-refractivity contribution in [3.8, 4) is 28.6 Å². The molecule has 1 heterocycles. The van der Waals surface area contributed by atoms with Gasteiger partial charge in [-0.15, -0.1) is 6.58 Å². The monoisotopic (exact) mass is 324 g/mol. The van der Waals surface area contributed by atoms with Gasteiger partial charge in [0.15, 0.2) is 22.8 Å². The lowest BCUT2D eigenvalue weighted by molar-refractivity contribution is 0.373. The molecular weight excluding hydrogens is 304 g/mol. The lowest BCUT2D eigenvalue weighted by Crippen LogP contribution is -1.87. The van der Waals surface area contributed by atoms with Crippen LogP contribution >= 0.6 is 0 Å². The molecule has 0 aliphatic carbocycles. The Balaban J connectivity index is 2.23. The molecule has 0 saturated heterocycles. The predicted octanol–water partition coefficient (Wildman–Crippen LogP) is 4.86. The number of hydrogen-bond donors (Lipinski definition) is 1. The summed E-state index contributed by atoms with van der Waals surface area (Å²) in [7, 11) is 3.16. The molecule has 1 N–H and O–H groups in total. The van der Waals surface area contributed by atoms with Crippen LogP contribution in [0.3, 0.4) is 0 Å². The molecule has 4 nitrogen and oxygen atoms in total. The van der Waals surface area contributed by atoms with E-state index in [0.29, 0.717) is 17.1 Å². The van der Waals surface area contributed by atoms with Crippen molar-refractivity contribution in [3.05, 3.63) is 54.1 Å². The Hall–Kier alpha value is -2.88. The van der Waals surface area contributed by atoms with Crippen molar-refractivity contribution in [2.24, 2.45) is 0 Å². The summed E-state index contributed by atoms with van der Waals surface area (Å²) >= 11 is 0. The molecule has 0 aliphatic heterocycles. The Kier molecular flexibility index (Phi) is 4.21. The fourth-order valence-electron chi connectivity index (χ4n) is 2.87. The fourth-order valence-corrected chi connectivity index (χ4v) is 2.87. The summed E-state index contributed by atoms with van der Waals surface area (Å²) in [5.41, 5.74) is 3.69. The molecule has 2 aromatic carbocycles. The van der Waals surface area contributed by atoms with E-state index in [4.69, 9.17) is 13.9 Å². The number of hydrogen-bond acceptors (Lipinski definition) is 4. The highest BCUT2D eigenvalue weighted by atomic mass is 16.5. The van der Waals surface area contributed by atoms with E-state index in [1.54, 1.807) is 25.3 Å². The van der Waals surface area contributed by atoms with Crippen LogP contribution in [-0.2, 0) is 6.42 Å². The molecule has 0 spiro atoms. The van der Waals surface area contributed by atoms with Crippen LogP contribution in [0.2, 0.25) is 0 Å². The van der Waals surface area contributed by atoms with Crippen LogP contribution in [0.4, 0.5) is 0 Å². The summed E-state index contributed by atoms with van der Waals surface area (Å²) in [5, 5.41) is 10.8. The molecule has 0 unspecified atom stereocenters. The molecule has 0 aliphatic rings. The average molecular weight is 324 g/mol. The largest absolute Gasteiger partial charge is 0.504 e. The highest BCUT2D eigenvalue weighted by Crippen LogP contribution is 2.40. The van der Waals surface area contributed by atoms with Gasteiger partial charge in [0.2, 0.25) is 0 Å². The minimum Gasteiger partial charge on any atom is -0.504 e. The van der Waals surface area contributed by atoms with Crippen molar-refractivity contribution in [2.45, 2.75) is 13.3 Å². The number of aryl methyl sites for hydroxylation is 1. The summed E-state index contributed by atoms with van der Waals surface area (Å²) in [5.74, 6) is 1.94. The molecule has 0 saturated carbocycles. The standard InChI is InChI=1S/C20H20O4/c1-5-6-13-9-15-12(2)19(24-20(15)18(10-13)23-4)14-7-8-16(21)17(11-14)22-3/h5,7-11,21H,1,6H2,2-4H3. The second-order valence-corrected chi connectivity index (χ2v) is 5.61. The van der Waals surface area contributed by atoms with E-state index >= 15 is 0 Å². The van der Waals surface area contributed by atoms with Gasteiger partial charge in [-0.25, -0.2) is 0 Å². The maximum atomic E-state index is 9.78. The number of phenolic OH excluding ortho intramolecular Hbond substituents is 1. The van der Waals surface area contributed by atoms with Crippen molar-refractivity contribution in [3.63, 3.8) is 0 Å². The van der Waals surface area contributed by atoms with E-state index in [1.165, 1.54) is 7.11 Å². The van der Waals surface area contributed by atoms with Gasteiger partial charge in [0.1, 0.15) is 5.76 Å². The van der Waals surface area contributed by atoms with Crippen LogP contribution in [0.15, 0.2) is 47.4 Å². The molecule has 3 rings (SSSR count). The maximum absolute atomic E-state index is 9.78. The number of furan rings is 1. The molecule has 0 atom stereocenters. The number of aromatic hydroxyl groups is 1. The van der Waals surface area contributed by atoms with Gasteiger partial charge >= 0.3 is 0 Å². The smallest absolute Gasteiger partial charge is 0.176 e. The highest BCUT2D eigenvalue weighted by molar-refractivity contribution is 5.92. The van der Waals surface area contributed by atoms with Gasteiger partial charge in [-0.1, -0.05) is 6.08 Å². The highest BCUT2D eigenvalue weighted by Gasteiger charge is 2.18. The van der Waals surface area contributed by atoms with Gasteiger partial charge < -0.3 is 19.0 Å². The van der Waals surface area contributed by atoms with Crippen LogP contribution in [-0.4, -0.2) is 19.3 Å². The predicted molar refractivity (Wildman–Crippen MR) is 95.1 cm³/mol. The molecule has 124 valence electrons. The average Bonchev–Trinajstić information content (AvgIpc) is 2.92. The van der Waals surface area contributed by atoms with Crippen molar-refractivity contribution >= 4 is 11.0 Å². The van der Waals surface area contributed by atoms with Crippen molar-refractivity contribution in [2.75, 3.05) is 14.2 Å². The summed E-state index contributed by atoms with van der Waals surface area (Å²) in [6.07, 6.45) is 2.63. The summed E-state index contributed by atoms with van der Waals surface area (Å²) in [6, 6.07) is 9.23. The first-order valence-electron chi connectivity index (χ1n) is 7.67. The van der Waals surface area contributed by atoms with Gasteiger partial charge in [-0.3, -0.25) is 0 Å². The lowest BCUT2D eigenvalue weighted by Gasteiger charge is -2.05. The molecule has 3 aromatic rings. The molecule has 4 heteroatoms. The van der Waals surface area contributed by atoms with Gasteiger partial charge in [-0.2, -0.15) is 0 Å². The fraction of sp³-hybridized carbons (Fsp3) is 0.200. The van der Waals surface area contributed by atoms with Gasteiger partial charge in [0.05, 0.1) is 14.2 Å². The lowest BCUT2D eigenvalue weighted by atomic mass is 10.0. The number of fused-ring (bicyclic) bond motifs is 1. The van der Waals surface area contributed by atoms with Gasteiger partial charge in [0, 0.05) is 16.5 Å². The first-order valence-corrected chi connectivity index (χ1v) is 7.67. The van der Waals surface area contributed by atoms with E-state index in [2.05, 4.69) is 12.6 Å². The van der Waals surface area contributed by atoms with E-state index in [-0.39, 0.29) is 5.75 Å². The van der Waals surface area contributed by atoms with E-state index in [1.807, 2.05) is 19.1 Å². The number of benzene rings is 2. The van der Waals surface area contributed by atoms with Crippen molar-refractivity contribution < 1.29 is 19.0 Å². The Morgan fingerprint density at radius 1 is 1.12 bits per heavy atom. The maximum Gasteiger partial charge on any atom is 0.176 e. The van der Waals surface area contributed by atoms with Crippen LogP contribution in [0.25, 0.3) is 22.3 Å². The number of methoxy groups -OCH3 is 2. The van der Waals surface area contributed by atoms with Crippen molar-refractivity contribution in [1.29, 1.82) is 0 Å². The minimum atomic E-state index is 0.0980. The first kappa shape index (κ1) is 16.0. The van der Waals surface area contributed by atoms with Crippen LogP contribution in [0, 0.1) is 6.92 Å². The molecular formula is C20H20O4. The van der Waals surface area contributed by atoms with E-state index in [9.17, 15) is 5.11 Å². The third-order valence-corrected chi connectivity index (χ3v) is 4.11.